The third-order valence-electron chi connectivity index (χ3n) is 4.84. The summed E-state index contributed by atoms with van der Waals surface area (Å²) in [5.74, 6) is 1.16. The van der Waals surface area contributed by atoms with E-state index in [1.165, 1.54) is 35.0 Å². The zero-order valence-electron chi connectivity index (χ0n) is 13.7. The molecule has 0 atom stereocenters. The summed E-state index contributed by atoms with van der Waals surface area (Å²) in [6.07, 6.45) is 4.51. The van der Waals surface area contributed by atoms with Gasteiger partial charge in [-0.05, 0) is 36.1 Å². The number of hydrogen-bond donors (Lipinski definition) is 0. The second-order valence-electron chi connectivity index (χ2n) is 6.41. The lowest BCUT2D eigenvalue weighted by Crippen LogP contribution is -2.30. The van der Waals surface area contributed by atoms with Crippen LogP contribution in [0.1, 0.15) is 36.7 Å². The first-order valence-corrected chi connectivity index (χ1v) is 8.69. The number of nitrogens with zero attached hydrogens (tertiary/aromatic N) is 1. The van der Waals surface area contributed by atoms with Gasteiger partial charge in [-0.3, -0.25) is 0 Å². The summed E-state index contributed by atoms with van der Waals surface area (Å²) in [6, 6.07) is 17.3. The van der Waals surface area contributed by atoms with Gasteiger partial charge in [-0.25, -0.2) is 0 Å². The first-order valence-electron chi connectivity index (χ1n) is 8.69. The Bertz CT molecular complexity index is 818. The number of rotatable bonds is 4. The van der Waals surface area contributed by atoms with Crippen molar-refractivity contribution in [1.29, 1.82) is 0 Å². The van der Waals surface area contributed by atoms with Crippen LogP contribution in [0.5, 0.6) is 0 Å². The molecule has 2 aromatic carbocycles. The normalized spacial score (nSPS) is 14.2. The van der Waals surface area contributed by atoms with Crippen molar-refractivity contribution in [3.8, 4) is 0 Å². The molecule has 4 rings (SSSR count). The van der Waals surface area contributed by atoms with E-state index in [4.69, 9.17) is 4.42 Å². The van der Waals surface area contributed by atoms with Crippen molar-refractivity contribution in [3.05, 3.63) is 65.4 Å². The van der Waals surface area contributed by atoms with E-state index in [1.54, 1.807) is 0 Å². The standard InChI is InChI=1S/C21H23NO/c1-2-3-11-20-21(18-10-6-7-12-19(18)23-20)22-14-13-16-8-4-5-9-17(16)15-22/h4-10,12H,2-3,11,13-15H2,1H3. The number of hydrogen-bond acceptors (Lipinski definition) is 2. The number of benzene rings is 2. The van der Waals surface area contributed by atoms with E-state index in [1.807, 2.05) is 0 Å². The molecule has 118 valence electrons. The Balaban J connectivity index is 1.75. The van der Waals surface area contributed by atoms with Crippen LogP contribution >= 0.6 is 0 Å². The quantitative estimate of drug-likeness (QED) is 0.647. The average Bonchev–Trinajstić information content (AvgIpc) is 2.97. The minimum atomic E-state index is 0.985. The molecular weight excluding hydrogens is 282 g/mol. The maximum absolute atomic E-state index is 6.20. The van der Waals surface area contributed by atoms with Gasteiger partial charge in [0.2, 0.25) is 0 Å². The van der Waals surface area contributed by atoms with Crippen molar-refractivity contribution in [2.75, 3.05) is 11.4 Å². The van der Waals surface area contributed by atoms with Gasteiger partial charge in [0.15, 0.2) is 0 Å². The van der Waals surface area contributed by atoms with E-state index >= 15 is 0 Å². The molecule has 0 N–H and O–H groups in total. The van der Waals surface area contributed by atoms with Crippen molar-refractivity contribution in [2.24, 2.45) is 0 Å². The highest BCUT2D eigenvalue weighted by Gasteiger charge is 2.23. The van der Waals surface area contributed by atoms with Crippen LogP contribution in [0.25, 0.3) is 11.0 Å². The Labute approximate surface area is 137 Å². The molecule has 2 heterocycles. The molecule has 0 saturated carbocycles. The Hall–Kier alpha value is -2.22. The van der Waals surface area contributed by atoms with Crippen molar-refractivity contribution < 1.29 is 4.42 Å². The highest BCUT2D eigenvalue weighted by Crippen LogP contribution is 2.37. The molecule has 0 amide bonds. The molecule has 0 saturated heterocycles. The van der Waals surface area contributed by atoms with E-state index in [0.717, 1.165) is 37.3 Å². The molecule has 2 nitrogen and oxygen atoms in total. The fourth-order valence-electron chi connectivity index (χ4n) is 3.62. The summed E-state index contributed by atoms with van der Waals surface area (Å²) >= 11 is 0. The molecule has 0 unspecified atom stereocenters. The lowest BCUT2D eigenvalue weighted by molar-refractivity contribution is 0.533. The third kappa shape index (κ3) is 2.63. The first kappa shape index (κ1) is 14.4. The molecule has 2 heteroatoms. The van der Waals surface area contributed by atoms with Crippen molar-refractivity contribution in [3.63, 3.8) is 0 Å². The number of para-hydroxylation sites is 1. The van der Waals surface area contributed by atoms with Crippen LogP contribution < -0.4 is 4.90 Å². The summed E-state index contributed by atoms with van der Waals surface area (Å²) in [4.78, 5) is 2.51. The van der Waals surface area contributed by atoms with Crippen LogP contribution in [-0.4, -0.2) is 6.54 Å². The van der Waals surface area contributed by atoms with Gasteiger partial charge in [0, 0.05) is 24.9 Å². The molecule has 3 aromatic rings. The lowest BCUT2D eigenvalue weighted by atomic mass is 9.98. The van der Waals surface area contributed by atoms with Gasteiger partial charge in [0.1, 0.15) is 11.3 Å². The van der Waals surface area contributed by atoms with Crippen LogP contribution in [0.2, 0.25) is 0 Å². The summed E-state index contributed by atoms with van der Waals surface area (Å²) in [6.45, 7) is 4.29. The number of anilines is 1. The summed E-state index contributed by atoms with van der Waals surface area (Å²) < 4.78 is 6.20. The van der Waals surface area contributed by atoms with Crippen LogP contribution in [0.4, 0.5) is 5.69 Å². The van der Waals surface area contributed by atoms with Gasteiger partial charge in [-0.15, -0.1) is 0 Å². The van der Waals surface area contributed by atoms with Gasteiger partial charge >= 0.3 is 0 Å². The number of unbranched alkanes of at least 4 members (excludes halogenated alkanes) is 1. The Morgan fingerprint density at radius 3 is 2.65 bits per heavy atom. The monoisotopic (exact) mass is 305 g/mol. The molecular formula is C21H23NO. The van der Waals surface area contributed by atoms with Gasteiger partial charge in [-0.2, -0.15) is 0 Å². The first-order chi connectivity index (χ1) is 11.4. The van der Waals surface area contributed by atoms with Crippen molar-refractivity contribution in [2.45, 2.75) is 39.2 Å². The molecule has 23 heavy (non-hydrogen) atoms. The highest BCUT2D eigenvalue weighted by atomic mass is 16.3. The maximum Gasteiger partial charge on any atom is 0.136 e. The van der Waals surface area contributed by atoms with Crippen LogP contribution in [0.3, 0.4) is 0 Å². The Morgan fingerprint density at radius 1 is 1.00 bits per heavy atom. The largest absolute Gasteiger partial charge is 0.459 e. The second kappa shape index (κ2) is 6.11. The minimum Gasteiger partial charge on any atom is -0.459 e. The third-order valence-corrected chi connectivity index (χ3v) is 4.84. The van der Waals surface area contributed by atoms with Gasteiger partial charge in [0.05, 0.1) is 5.69 Å². The molecule has 0 fully saturated rings. The minimum absolute atomic E-state index is 0.985. The predicted octanol–water partition coefficient (Wildman–Crippen LogP) is 5.34. The molecule has 0 spiro atoms. The van der Waals surface area contributed by atoms with E-state index in [-0.39, 0.29) is 0 Å². The second-order valence-corrected chi connectivity index (χ2v) is 6.41. The number of aryl methyl sites for hydroxylation is 1. The van der Waals surface area contributed by atoms with E-state index < -0.39 is 0 Å². The van der Waals surface area contributed by atoms with E-state index in [2.05, 4.69) is 60.4 Å². The summed E-state index contributed by atoms with van der Waals surface area (Å²) in [5.41, 5.74) is 5.29. The molecule has 0 aliphatic carbocycles. The zero-order valence-corrected chi connectivity index (χ0v) is 13.7. The lowest BCUT2D eigenvalue weighted by Gasteiger charge is -2.30. The highest BCUT2D eigenvalue weighted by molar-refractivity contribution is 5.93. The summed E-state index contributed by atoms with van der Waals surface area (Å²) in [7, 11) is 0. The van der Waals surface area contributed by atoms with Gasteiger partial charge in [-0.1, -0.05) is 49.7 Å². The van der Waals surface area contributed by atoms with Gasteiger partial charge < -0.3 is 9.32 Å². The smallest absolute Gasteiger partial charge is 0.136 e. The van der Waals surface area contributed by atoms with Crippen molar-refractivity contribution >= 4 is 16.7 Å². The van der Waals surface area contributed by atoms with Crippen LogP contribution in [0, 0.1) is 0 Å². The Kier molecular flexibility index (Phi) is 3.82. The van der Waals surface area contributed by atoms with E-state index in [0.29, 0.717) is 0 Å². The molecule has 1 aliphatic rings. The van der Waals surface area contributed by atoms with Crippen LogP contribution in [-0.2, 0) is 19.4 Å². The zero-order chi connectivity index (χ0) is 15.6. The fourth-order valence-corrected chi connectivity index (χ4v) is 3.62. The number of furan rings is 1. The van der Waals surface area contributed by atoms with Crippen LogP contribution in [0.15, 0.2) is 52.9 Å². The Morgan fingerprint density at radius 2 is 1.78 bits per heavy atom. The topological polar surface area (TPSA) is 16.4 Å². The SMILES string of the molecule is CCCCc1oc2ccccc2c1N1CCc2ccccc2C1. The molecule has 0 radical (unpaired) electrons. The molecule has 1 aliphatic heterocycles. The molecule has 1 aromatic heterocycles. The molecule has 0 bridgehead atoms. The maximum atomic E-state index is 6.20. The average molecular weight is 305 g/mol. The fraction of sp³-hybridized carbons (Fsp3) is 0.333. The van der Waals surface area contributed by atoms with E-state index in [9.17, 15) is 0 Å². The van der Waals surface area contributed by atoms with Crippen molar-refractivity contribution in [1.82, 2.24) is 0 Å². The summed E-state index contributed by atoms with van der Waals surface area (Å²) in [5, 5.41) is 1.26. The predicted molar refractivity (Wildman–Crippen MR) is 96.0 cm³/mol. The van der Waals surface area contributed by atoms with Gasteiger partial charge in [0.25, 0.3) is 0 Å². The number of fused-ring (bicyclic) bond motifs is 2.